The molecule has 0 amide bonds. The average molecular weight is 335 g/mol. The van der Waals surface area contributed by atoms with Crippen LogP contribution in [0.15, 0.2) is 59.4 Å². The SMILES string of the molecule is Cn1c(N)nc(CCc2cccc(-c3ccccc3CO)c2)cc1=O. The standard InChI is InChI=1S/C20H21N3O2/c1-23-19(25)12-17(22-20(23)21)10-9-14-5-4-7-15(11-14)18-8-3-2-6-16(18)13-24/h2-8,11-12,24H,9-10,13H2,1H3,(H2,21,22). The van der Waals surface area contributed by atoms with E-state index < -0.39 is 0 Å². The van der Waals surface area contributed by atoms with Crippen LogP contribution in [-0.2, 0) is 26.5 Å². The van der Waals surface area contributed by atoms with Gasteiger partial charge < -0.3 is 10.8 Å². The van der Waals surface area contributed by atoms with E-state index in [1.165, 1.54) is 10.6 Å². The number of hydrogen-bond acceptors (Lipinski definition) is 4. The fourth-order valence-electron chi connectivity index (χ4n) is 2.84. The first kappa shape index (κ1) is 16.9. The fourth-order valence-corrected chi connectivity index (χ4v) is 2.84. The molecule has 3 N–H and O–H groups in total. The predicted octanol–water partition coefficient (Wildman–Crippen LogP) is 2.31. The van der Waals surface area contributed by atoms with Gasteiger partial charge >= 0.3 is 0 Å². The zero-order valence-electron chi connectivity index (χ0n) is 14.1. The largest absolute Gasteiger partial charge is 0.392 e. The molecule has 0 spiro atoms. The van der Waals surface area contributed by atoms with Gasteiger partial charge in [0.15, 0.2) is 0 Å². The topological polar surface area (TPSA) is 81.1 Å². The summed E-state index contributed by atoms with van der Waals surface area (Å²) < 4.78 is 1.33. The first-order valence-corrected chi connectivity index (χ1v) is 8.19. The zero-order valence-corrected chi connectivity index (χ0v) is 14.1. The van der Waals surface area contributed by atoms with Gasteiger partial charge in [0.05, 0.1) is 12.3 Å². The van der Waals surface area contributed by atoms with Gasteiger partial charge in [0.25, 0.3) is 5.56 Å². The minimum absolute atomic E-state index is 0.0108. The van der Waals surface area contributed by atoms with E-state index in [-0.39, 0.29) is 18.1 Å². The van der Waals surface area contributed by atoms with Crippen LogP contribution in [0.5, 0.6) is 0 Å². The van der Waals surface area contributed by atoms with Crippen LogP contribution in [0.25, 0.3) is 11.1 Å². The molecule has 5 nitrogen and oxygen atoms in total. The molecule has 3 aromatic rings. The van der Waals surface area contributed by atoms with Gasteiger partial charge in [-0.1, -0.05) is 48.5 Å². The number of nitrogen functional groups attached to an aromatic ring is 1. The minimum atomic E-state index is -0.145. The predicted molar refractivity (Wildman–Crippen MR) is 99.1 cm³/mol. The van der Waals surface area contributed by atoms with E-state index in [0.717, 1.165) is 28.7 Å². The van der Waals surface area contributed by atoms with Gasteiger partial charge in [-0.2, -0.15) is 0 Å². The molecule has 0 saturated carbocycles. The Bertz CT molecular complexity index is 948. The summed E-state index contributed by atoms with van der Waals surface area (Å²) in [5, 5.41) is 9.52. The number of aliphatic hydroxyl groups is 1. The Labute approximate surface area is 146 Å². The Morgan fingerprint density at radius 3 is 2.64 bits per heavy atom. The van der Waals surface area contributed by atoms with E-state index in [4.69, 9.17) is 5.73 Å². The second-order valence-corrected chi connectivity index (χ2v) is 6.02. The molecule has 0 aliphatic heterocycles. The molecular formula is C20H21N3O2. The molecule has 5 heteroatoms. The lowest BCUT2D eigenvalue weighted by Crippen LogP contribution is -2.21. The van der Waals surface area contributed by atoms with Gasteiger partial charge in [-0.15, -0.1) is 0 Å². The third kappa shape index (κ3) is 3.78. The van der Waals surface area contributed by atoms with Crippen molar-refractivity contribution in [3.8, 4) is 11.1 Å². The summed E-state index contributed by atoms with van der Waals surface area (Å²) >= 11 is 0. The maximum Gasteiger partial charge on any atom is 0.254 e. The number of benzene rings is 2. The van der Waals surface area contributed by atoms with E-state index in [2.05, 4.69) is 17.1 Å². The van der Waals surface area contributed by atoms with E-state index in [1.807, 2.05) is 36.4 Å². The van der Waals surface area contributed by atoms with Crippen LogP contribution >= 0.6 is 0 Å². The molecule has 0 unspecified atom stereocenters. The molecule has 0 bridgehead atoms. The van der Waals surface area contributed by atoms with Crippen LogP contribution in [0.1, 0.15) is 16.8 Å². The highest BCUT2D eigenvalue weighted by Crippen LogP contribution is 2.25. The van der Waals surface area contributed by atoms with Gasteiger partial charge in [-0.25, -0.2) is 4.98 Å². The number of rotatable bonds is 5. The lowest BCUT2D eigenvalue weighted by molar-refractivity contribution is 0.282. The van der Waals surface area contributed by atoms with E-state index >= 15 is 0 Å². The summed E-state index contributed by atoms with van der Waals surface area (Å²) in [6.07, 6.45) is 1.40. The quantitative estimate of drug-likeness (QED) is 0.750. The fraction of sp³-hybridized carbons (Fsp3) is 0.200. The van der Waals surface area contributed by atoms with Crippen molar-refractivity contribution in [3.05, 3.63) is 81.8 Å². The Balaban J connectivity index is 1.82. The Morgan fingerprint density at radius 1 is 1.08 bits per heavy atom. The maximum atomic E-state index is 11.8. The molecule has 0 saturated heterocycles. The monoisotopic (exact) mass is 335 g/mol. The van der Waals surface area contributed by atoms with Gasteiger partial charge in [0, 0.05) is 13.1 Å². The number of aromatic nitrogens is 2. The first-order valence-electron chi connectivity index (χ1n) is 8.19. The molecule has 0 radical (unpaired) electrons. The third-order valence-corrected chi connectivity index (χ3v) is 4.32. The first-order chi connectivity index (χ1) is 12.1. The van der Waals surface area contributed by atoms with Gasteiger partial charge in [-0.05, 0) is 35.1 Å². The van der Waals surface area contributed by atoms with E-state index in [9.17, 15) is 9.90 Å². The Hall–Kier alpha value is -2.92. The van der Waals surface area contributed by atoms with Gasteiger partial charge in [0.2, 0.25) is 5.95 Å². The molecule has 0 aliphatic carbocycles. The van der Waals surface area contributed by atoms with Gasteiger partial charge in [0.1, 0.15) is 0 Å². The molecule has 0 aliphatic rings. The number of nitrogens with two attached hydrogens (primary N) is 1. The molecule has 1 heterocycles. The van der Waals surface area contributed by atoms with E-state index in [1.54, 1.807) is 7.05 Å². The molecule has 0 atom stereocenters. The highest BCUT2D eigenvalue weighted by molar-refractivity contribution is 5.67. The molecule has 3 rings (SSSR count). The van der Waals surface area contributed by atoms with Crippen LogP contribution in [0.3, 0.4) is 0 Å². The second kappa shape index (κ2) is 7.32. The normalized spacial score (nSPS) is 10.8. The summed E-state index contributed by atoms with van der Waals surface area (Å²) in [4.78, 5) is 16.1. The van der Waals surface area contributed by atoms with Crippen molar-refractivity contribution in [2.75, 3.05) is 5.73 Å². The van der Waals surface area contributed by atoms with Crippen LogP contribution < -0.4 is 11.3 Å². The van der Waals surface area contributed by atoms with Crippen molar-refractivity contribution < 1.29 is 5.11 Å². The van der Waals surface area contributed by atoms with Crippen molar-refractivity contribution in [1.82, 2.24) is 9.55 Å². The number of nitrogens with zero attached hydrogens (tertiary/aromatic N) is 2. The third-order valence-electron chi connectivity index (χ3n) is 4.32. The molecule has 128 valence electrons. The molecule has 25 heavy (non-hydrogen) atoms. The summed E-state index contributed by atoms with van der Waals surface area (Å²) in [5.41, 5.74) is 10.4. The van der Waals surface area contributed by atoms with E-state index in [0.29, 0.717) is 12.1 Å². The molecule has 0 fully saturated rings. The molecule has 2 aromatic carbocycles. The van der Waals surface area contributed by atoms with Crippen molar-refractivity contribution in [2.24, 2.45) is 7.05 Å². The average Bonchev–Trinajstić information content (AvgIpc) is 2.64. The summed E-state index contributed by atoms with van der Waals surface area (Å²) in [6, 6.07) is 17.5. The van der Waals surface area contributed by atoms with Crippen LogP contribution in [0.2, 0.25) is 0 Å². The number of anilines is 1. The highest BCUT2D eigenvalue weighted by Gasteiger charge is 2.06. The smallest absolute Gasteiger partial charge is 0.254 e. The number of aryl methyl sites for hydroxylation is 2. The van der Waals surface area contributed by atoms with Crippen molar-refractivity contribution in [1.29, 1.82) is 0 Å². The van der Waals surface area contributed by atoms with Crippen molar-refractivity contribution in [2.45, 2.75) is 19.4 Å². The Kier molecular flexibility index (Phi) is 4.95. The molecule has 1 aromatic heterocycles. The molecular weight excluding hydrogens is 314 g/mol. The number of hydrogen-bond donors (Lipinski definition) is 2. The lowest BCUT2D eigenvalue weighted by Gasteiger charge is -2.10. The van der Waals surface area contributed by atoms with Crippen LogP contribution in [-0.4, -0.2) is 14.7 Å². The van der Waals surface area contributed by atoms with Crippen molar-refractivity contribution in [3.63, 3.8) is 0 Å². The Morgan fingerprint density at radius 2 is 1.88 bits per heavy atom. The zero-order chi connectivity index (χ0) is 17.8. The van der Waals surface area contributed by atoms with Gasteiger partial charge in [-0.3, -0.25) is 9.36 Å². The summed E-state index contributed by atoms with van der Waals surface area (Å²) in [7, 11) is 1.61. The lowest BCUT2D eigenvalue weighted by atomic mass is 9.97. The second-order valence-electron chi connectivity index (χ2n) is 6.02. The van der Waals surface area contributed by atoms with Crippen LogP contribution in [0.4, 0.5) is 5.95 Å². The van der Waals surface area contributed by atoms with Crippen LogP contribution in [0, 0.1) is 0 Å². The maximum absolute atomic E-state index is 11.8. The van der Waals surface area contributed by atoms with Crippen molar-refractivity contribution >= 4 is 5.95 Å². The highest BCUT2D eigenvalue weighted by atomic mass is 16.3. The minimum Gasteiger partial charge on any atom is -0.392 e. The summed E-state index contributed by atoms with van der Waals surface area (Å²) in [6.45, 7) is 0.0108. The number of aliphatic hydroxyl groups excluding tert-OH is 1. The summed E-state index contributed by atoms with van der Waals surface area (Å²) in [5.74, 6) is 0.230.